The third-order valence-electron chi connectivity index (χ3n) is 4.99. The number of hydrogen-bond acceptors (Lipinski definition) is 1. The minimum absolute atomic E-state index is 0.753. The van der Waals surface area contributed by atoms with Crippen LogP contribution in [0.1, 0.15) is 82.3 Å². The second-order valence-corrected chi connectivity index (χ2v) is 7.84. The molecule has 2 rings (SSSR count). The summed E-state index contributed by atoms with van der Waals surface area (Å²) >= 11 is 5.90. The lowest BCUT2D eigenvalue weighted by atomic mass is 10.0. The largest absolute Gasteiger partial charge is 0.256 e. The van der Waals surface area contributed by atoms with Gasteiger partial charge in [-0.15, -0.1) is 0 Å². The number of aliphatic imine (C=N–C) groups is 1. The Morgan fingerprint density at radius 3 is 1.85 bits per heavy atom. The molecule has 0 radical (unpaired) electrons. The van der Waals surface area contributed by atoms with E-state index >= 15 is 0 Å². The lowest BCUT2D eigenvalue weighted by molar-refractivity contribution is 0.556. The van der Waals surface area contributed by atoms with E-state index in [2.05, 4.69) is 36.2 Å². The number of hydrogen-bond donors (Lipinski definition) is 0. The number of benzene rings is 2. The third-order valence-corrected chi connectivity index (χ3v) is 5.24. The lowest BCUT2D eigenvalue weighted by Gasteiger charge is -2.04. The standard InChI is InChI=1S/C25H34ClN/c1-2-3-4-5-6-7-8-9-10-11-12-22-15-19-25(20-16-22)27-21-23-13-17-24(26)18-14-23/h13-21H,2-12H2,1H3. The molecular weight excluding hydrogens is 350 g/mol. The van der Waals surface area contributed by atoms with Crippen LogP contribution < -0.4 is 0 Å². The van der Waals surface area contributed by atoms with Crippen molar-refractivity contribution in [3.63, 3.8) is 0 Å². The second kappa shape index (κ2) is 13.6. The molecule has 0 atom stereocenters. The van der Waals surface area contributed by atoms with E-state index in [1.807, 2.05) is 30.5 Å². The predicted octanol–water partition coefficient (Wildman–Crippen LogP) is 8.55. The molecule has 0 amide bonds. The fourth-order valence-electron chi connectivity index (χ4n) is 3.26. The Balaban J connectivity index is 1.58. The number of nitrogens with zero attached hydrogens (tertiary/aromatic N) is 1. The normalized spacial score (nSPS) is 11.3. The van der Waals surface area contributed by atoms with Gasteiger partial charge in [0.2, 0.25) is 0 Å². The Hall–Kier alpha value is -1.60. The summed E-state index contributed by atoms with van der Waals surface area (Å²) in [6.45, 7) is 2.28. The summed E-state index contributed by atoms with van der Waals surface area (Å²) in [6.07, 6.45) is 17.0. The molecule has 0 bridgehead atoms. The van der Waals surface area contributed by atoms with Gasteiger partial charge in [0.25, 0.3) is 0 Å². The van der Waals surface area contributed by atoms with Crippen molar-refractivity contribution in [1.82, 2.24) is 0 Å². The van der Waals surface area contributed by atoms with E-state index in [-0.39, 0.29) is 0 Å². The molecule has 0 spiro atoms. The number of rotatable bonds is 13. The first kappa shape index (κ1) is 21.7. The average molecular weight is 384 g/mol. The second-order valence-electron chi connectivity index (χ2n) is 7.41. The number of halogens is 1. The first-order chi connectivity index (χ1) is 13.3. The van der Waals surface area contributed by atoms with Gasteiger partial charge in [-0.2, -0.15) is 0 Å². The zero-order chi connectivity index (χ0) is 19.2. The van der Waals surface area contributed by atoms with Gasteiger partial charge in [0, 0.05) is 11.2 Å². The van der Waals surface area contributed by atoms with Crippen molar-refractivity contribution < 1.29 is 0 Å². The number of aryl methyl sites for hydroxylation is 1. The Bertz CT molecular complexity index is 643. The van der Waals surface area contributed by atoms with Crippen molar-refractivity contribution in [3.05, 3.63) is 64.7 Å². The predicted molar refractivity (Wildman–Crippen MR) is 121 cm³/mol. The van der Waals surface area contributed by atoms with E-state index in [1.54, 1.807) is 0 Å². The van der Waals surface area contributed by atoms with E-state index in [9.17, 15) is 0 Å². The van der Waals surface area contributed by atoms with Gasteiger partial charge in [0.15, 0.2) is 0 Å². The zero-order valence-corrected chi connectivity index (χ0v) is 17.6. The summed E-state index contributed by atoms with van der Waals surface area (Å²) in [5.41, 5.74) is 3.48. The smallest absolute Gasteiger partial charge is 0.0630 e. The van der Waals surface area contributed by atoms with Gasteiger partial charge in [0.05, 0.1) is 5.69 Å². The van der Waals surface area contributed by atoms with Crippen LogP contribution in [0.25, 0.3) is 0 Å². The molecule has 0 heterocycles. The molecule has 0 aliphatic heterocycles. The molecule has 2 aromatic carbocycles. The van der Waals surface area contributed by atoms with E-state index < -0.39 is 0 Å². The maximum atomic E-state index is 5.90. The summed E-state index contributed by atoms with van der Waals surface area (Å²) in [4.78, 5) is 4.54. The Morgan fingerprint density at radius 1 is 0.704 bits per heavy atom. The molecule has 146 valence electrons. The van der Waals surface area contributed by atoms with Crippen LogP contribution in [0.5, 0.6) is 0 Å². The van der Waals surface area contributed by atoms with E-state index in [1.165, 1.54) is 76.2 Å². The molecule has 0 saturated carbocycles. The van der Waals surface area contributed by atoms with Crippen molar-refractivity contribution in [2.75, 3.05) is 0 Å². The van der Waals surface area contributed by atoms with E-state index in [0.29, 0.717) is 0 Å². The molecule has 0 N–H and O–H groups in total. The molecule has 2 heteroatoms. The molecule has 27 heavy (non-hydrogen) atoms. The van der Waals surface area contributed by atoms with Crippen molar-refractivity contribution in [2.24, 2.45) is 4.99 Å². The van der Waals surface area contributed by atoms with E-state index in [4.69, 9.17) is 11.6 Å². The average Bonchev–Trinajstić information content (AvgIpc) is 2.70. The molecule has 0 fully saturated rings. The minimum Gasteiger partial charge on any atom is -0.256 e. The third kappa shape index (κ3) is 9.77. The van der Waals surface area contributed by atoms with Gasteiger partial charge < -0.3 is 0 Å². The summed E-state index contributed by atoms with van der Waals surface area (Å²) < 4.78 is 0. The molecule has 0 aliphatic rings. The van der Waals surface area contributed by atoms with E-state index in [0.717, 1.165) is 16.3 Å². The molecule has 0 unspecified atom stereocenters. The highest BCUT2D eigenvalue weighted by atomic mass is 35.5. The molecule has 1 nitrogen and oxygen atoms in total. The van der Waals surface area contributed by atoms with Crippen molar-refractivity contribution in [3.8, 4) is 0 Å². The van der Waals surface area contributed by atoms with Crippen LogP contribution in [0.2, 0.25) is 5.02 Å². The Morgan fingerprint density at radius 2 is 1.26 bits per heavy atom. The SMILES string of the molecule is CCCCCCCCCCCCc1ccc(N=Cc2ccc(Cl)cc2)cc1. The van der Waals surface area contributed by atoms with Crippen LogP contribution in [-0.4, -0.2) is 6.21 Å². The van der Waals surface area contributed by atoms with Gasteiger partial charge in [-0.1, -0.05) is 101 Å². The van der Waals surface area contributed by atoms with Gasteiger partial charge >= 0.3 is 0 Å². The van der Waals surface area contributed by atoms with Gasteiger partial charge in [-0.3, -0.25) is 4.99 Å². The molecular formula is C25H34ClN. The molecule has 0 aromatic heterocycles. The molecule has 2 aromatic rings. The monoisotopic (exact) mass is 383 g/mol. The highest BCUT2D eigenvalue weighted by molar-refractivity contribution is 6.30. The fourth-order valence-corrected chi connectivity index (χ4v) is 3.39. The Kier molecular flexibility index (Phi) is 10.9. The maximum absolute atomic E-state index is 5.90. The van der Waals surface area contributed by atoms with Crippen LogP contribution >= 0.6 is 11.6 Å². The molecule has 0 aliphatic carbocycles. The highest BCUT2D eigenvalue weighted by Crippen LogP contribution is 2.17. The fraction of sp³-hybridized carbons (Fsp3) is 0.480. The summed E-state index contributed by atoms with van der Waals surface area (Å²) in [7, 11) is 0. The highest BCUT2D eigenvalue weighted by Gasteiger charge is 1.96. The molecule has 0 saturated heterocycles. The lowest BCUT2D eigenvalue weighted by Crippen LogP contribution is -1.86. The summed E-state index contributed by atoms with van der Waals surface area (Å²) in [5, 5.41) is 0.753. The number of unbranched alkanes of at least 4 members (excludes halogenated alkanes) is 9. The Labute approximate surface area is 170 Å². The van der Waals surface area contributed by atoms with Gasteiger partial charge in [-0.25, -0.2) is 0 Å². The minimum atomic E-state index is 0.753. The van der Waals surface area contributed by atoms with Crippen molar-refractivity contribution in [1.29, 1.82) is 0 Å². The van der Waals surface area contributed by atoms with Crippen LogP contribution in [-0.2, 0) is 6.42 Å². The van der Waals surface area contributed by atoms with Crippen LogP contribution in [0.3, 0.4) is 0 Å². The van der Waals surface area contributed by atoms with Crippen molar-refractivity contribution >= 4 is 23.5 Å². The van der Waals surface area contributed by atoms with Crippen LogP contribution in [0.15, 0.2) is 53.5 Å². The quantitative estimate of drug-likeness (QED) is 0.242. The summed E-state index contributed by atoms with van der Waals surface area (Å²) in [6, 6.07) is 16.4. The van der Waals surface area contributed by atoms with Crippen molar-refractivity contribution in [2.45, 2.75) is 77.6 Å². The van der Waals surface area contributed by atoms with Crippen LogP contribution in [0, 0.1) is 0 Å². The van der Waals surface area contributed by atoms with Gasteiger partial charge in [-0.05, 0) is 48.2 Å². The maximum Gasteiger partial charge on any atom is 0.0630 e. The van der Waals surface area contributed by atoms with Gasteiger partial charge in [0.1, 0.15) is 0 Å². The zero-order valence-electron chi connectivity index (χ0n) is 16.8. The van der Waals surface area contributed by atoms with Crippen LogP contribution in [0.4, 0.5) is 5.69 Å². The topological polar surface area (TPSA) is 12.4 Å². The first-order valence-corrected chi connectivity index (χ1v) is 11.0. The first-order valence-electron chi connectivity index (χ1n) is 10.7. The summed E-state index contributed by atoms with van der Waals surface area (Å²) in [5.74, 6) is 0.